The van der Waals surface area contributed by atoms with Crippen molar-refractivity contribution in [3.63, 3.8) is 0 Å². The number of rotatable bonds is 6. The number of likely N-dealkylation sites (tertiary alicyclic amines) is 1. The summed E-state index contributed by atoms with van der Waals surface area (Å²) in [5.74, 6) is 0. The fraction of sp³-hybridized carbons (Fsp3) is 0.500. The number of hydrogen-bond donors (Lipinski definition) is 1. The monoisotopic (exact) mass is 299 g/mol. The number of hydrogen-bond acceptors (Lipinski definition) is 3. The molecule has 0 bridgehead atoms. The van der Waals surface area contributed by atoms with Crippen LogP contribution in [0.15, 0.2) is 42.6 Å². The first-order chi connectivity index (χ1) is 10.7. The fourth-order valence-electron chi connectivity index (χ4n) is 3.65. The van der Waals surface area contributed by atoms with E-state index in [1.807, 2.05) is 24.0 Å². The molecule has 1 aliphatic heterocycles. The molecule has 1 atom stereocenters. The van der Waals surface area contributed by atoms with Crippen LogP contribution in [0.25, 0.3) is 0 Å². The van der Waals surface area contributed by atoms with Gasteiger partial charge in [0.1, 0.15) is 0 Å². The van der Waals surface area contributed by atoms with Gasteiger partial charge in [0, 0.05) is 37.4 Å². The molecule has 118 valence electrons. The van der Waals surface area contributed by atoms with Gasteiger partial charge in [-0.15, -0.1) is 0 Å². The lowest BCUT2D eigenvalue weighted by Crippen LogP contribution is -2.49. The Hall–Kier alpha value is -1.65. The summed E-state index contributed by atoms with van der Waals surface area (Å²) in [6.07, 6.45) is 5.99. The Labute approximate surface area is 132 Å². The van der Waals surface area contributed by atoms with Gasteiger partial charge in [-0.3, -0.25) is 9.58 Å². The van der Waals surface area contributed by atoms with Gasteiger partial charge in [-0.05, 0) is 37.4 Å². The van der Waals surface area contributed by atoms with Gasteiger partial charge in [0.25, 0.3) is 0 Å². The zero-order valence-electron chi connectivity index (χ0n) is 13.3. The number of nitrogens with zero attached hydrogens (tertiary/aromatic N) is 3. The minimum atomic E-state index is -0.0973. The standard InChI is InChI=1S/C18H25N3O/c1-20-17(8-11-19-20)9-13-21-12-5-10-18(21,15-22)14-16-6-3-2-4-7-16/h2-4,6-8,11,22H,5,9-10,12-15H2,1H3. The lowest BCUT2D eigenvalue weighted by molar-refractivity contribution is 0.0644. The molecular weight excluding hydrogens is 274 g/mol. The van der Waals surface area contributed by atoms with Crippen LogP contribution in [0, 0.1) is 0 Å². The third kappa shape index (κ3) is 3.08. The number of benzene rings is 1. The van der Waals surface area contributed by atoms with Crippen molar-refractivity contribution in [1.82, 2.24) is 14.7 Å². The van der Waals surface area contributed by atoms with E-state index in [9.17, 15) is 5.11 Å². The van der Waals surface area contributed by atoms with Gasteiger partial charge in [-0.25, -0.2) is 0 Å². The van der Waals surface area contributed by atoms with Crippen molar-refractivity contribution >= 4 is 0 Å². The van der Waals surface area contributed by atoms with E-state index in [1.165, 1.54) is 17.7 Å². The SMILES string of the molecule is Cn1nccc1CCN1CCCC1(CO)Cc1ccccc1. The van der Waals surface area contributed by atoms with Crippen LogP contribution in [-0.4, -0.2) is 45.0 Å². The summed E-state index contributed by atoms with van der Waals surface area (Å²) in [7, 11) is 1.99. The van der Waals surface area contributed by atoms with E-state index in [0.29, 0.717) is 0 Å². The van der Waals surface area contributed by atoms with Crippen molar-refractivity contribution in [1.29, 1.82) is 0 Å². The highest BCUT2D eigenvalue weighted by Gasteiger charge is 2.40. The van der Waals surface area contributed by atoms with Crippen molar-refractivity contribution in [2.45, 2.75) is 31.2 Å². The van der Waals surface area contributed by atoms with Gasteiger partial charge in [-0.1, -0.05) is 30.3 Å². The molecule has 1 aromatic carbocycles. The lowest BCUT2D eigenvalue weighted by atomic mass is 9.88. The average molecular weight is 299 g/mol. The summed E-state index contributed by atoms with van der Waals surface area (Å²) >= 11 is 0. The van der Waals surface area contributed by atoms with Crippen molar-refractivity contribution in [3.05, 3.63) is 53.9 Å². The predicted octanol–water partition coefficient (Wildman–Crippen LogP) is 2.03. The van der Waals surface area contributed by atoms with Crippen molar-refractivity contribution in [2.75, 3.05) is 19.7 Å². The first kappa shape index (κ1) is 15.3. The molecule has 0 amide bonds. The predicted molar refractivity (Wildman–Crippen MR) is 87.7 cm³/mol. The summed E-state index contributed by atoms with van der Waals surface area (Å²) in [4.78, 5) is 2.48. The Bertz CT molecular complexity index is 595. The quantitative estimate of drug-likeness (QED) is 0.887. The van der Waals surface area contributed by atoms with Gasteiger partial charge in [-0.2, -0.15) is 5.10 Å². The van der Waals surface area contributed by atoms with E-state index in [-0.39, 0.29) is 12.1 Å². The summed E-state index contributed by atoms with van der Waals surface area (Å²) in [5, 5.41) is 14.3. The normalized spacial score (nSPS) is 22.3. The molecular formula is C18H25N3O. The third-order valence-corrected chi connectivity index (χ3v) is 4.97. The Balaban J connectivity index is 1.70. The zero-order chi connectivity index (χ0) is 15.4. The molecule has 4 nitrogen and oxygen atoms in total. The zero-order valence-corrected chi connectivity index (χ0v) is 13.3. The van der Waals surface area contributed by atoms with E-state index in [4.69, 9.17) is 0 Å². The molecule has 1 fully saturated rings. The number of aliphatic hydroxyl groups is 1. The largest absolute Gasteiger partial charge is 0.394 e. The van der Waals surface area contributed by atoms with E-state index in [0.717, 1.165) is 32.4 Å². The Morgan fingerprint density at radius 3 is 2.73 bits per heavy atom. The highest BCUT2D eigenvalue weighted by Crippen LogP contribution is 2.32. The van der Waals surface area contributed by atoms with Crippen LogP contribution in [-0.2, 0) is 19.9 Å². The van der Waals surface area contributed by atoms with Crippen LogP contribution in [0.1, 0.15) is 24.1 Å². The van der Waals surface area contributed by atoms with E-state index < -0.39 is 0 Å². The number of aryl methyl sites for hydroxylation is 1. The molecule has 0 saturated carbocycles. The first-order valence-corrected chi connectivity index (χ1v) is 8.10. The van der Waals surface area contributed by atoms with Crippen LogP contribution in [0.5, 0.6) is 0 Å². The van der Waals surface area contributed by atoms with Crippen LogP contribution < -0.4 is 0 Å². The minimum absolute atomic E-state index is 0.0973. The van der Waals surface area contributed by atoms with Crippen molar-refractivity contribution in [2.24, 2.45) is 7.05 Å². The van der Waals surface area contributed by atoms with Crippen LogP contribution in [0.3, 0.4) is 0 Å². The average Bonchev–Trinajstić information content (AvgIpc) is 3.13. The van der Waals surface area contributed by atoms with Crippen LogP contribution in [0.2, 0.25) is 0 Å². The molecule has 0 spiro atoms. The lowest BCUT2D eigenvalue weighted by Gasteiger charge is -2.37. The Morgan fingerprint density at radius 1 is 1.23 bits per heavy atom. The second-order valence-corrected chi connectivity index (χ2v) is 6.33. The van der Waals surface area contributed by atoms with E-state index in [2.05, 4.69) is 40.3 Å². The molecule has 1 N–H and O–H groups in total. The van der Waals surface area contributed by atoms with Gasteiger partial charge in [0.2, 0.25) is 0 Å². The smallest absolute Gasteiger partial charge is 0.0618 e. The maximum Gasteiger partial charge on any atom is 0.0618 e. The second-order valence-electron chi connectivity index (χ2n) is 6.33. The van der Waals surface area contributed by atoms with Gasteiger partial charge >= 0.3 is 0 Å². The molecule has 4 heteroatoms. The van der Waals surface area contributed by atoms with Crippen molar-refractivity contribution < 1.29 is 5.11 Å². The third-order valence-electron chi connectivity index (χ3n) is 4.97. The molecule has 1 aliphatic rings. The molecule has 0 aliphatic carbocycles. The maximum absolute atomic E-state index is 10.1. The molecule has 0 radical (unpaired) electrons. The summed E-state index contributed by atoms with van der Waals surface area (Å²) in [6.45, 7) is 2.28. The first-order valence-electron chi connectivity index (χ1n) is 8.10. The van der Waals surface area contributed by atoms with Gasteiger partial charge in [0.15, 0.2) is 0 Å². The maximum atomic E-state index is 10.1. The van der Waals surface area contributed by atoms with Gasteiger partial charge < -0.3 is 5.11 Å². The molecule has 22 heavy (non-hydrogen) atoms. The van der Waals surface area contributed by atoms with Gasteiger partial charge in [0.05, 0.1) is 6.61 Å². The number of aliphatic hydroxyl groups excluding tert-OH is 1. The number of aromatic nitrogens is 2. The summed E-state index contributed by atoms with van der Waals surface area (Å²) in [5.41, 5.74) is 2.46. The Kier molecular flexibility index (Phi) is 4.60. The molecule has 1 unspecified atom stereocenters. The molecule has 2 heterocycles. The second kappa shape index (κ2) is 6.63. The molecule has 3 rings (SSSR count). The fourth-order valence-corrected chi connectivity index (χ4v) is 3.65. The van der Waals surface area contributed by atoms with Crippen LogP contribution in [0.4, 0.5) is 0 Å². The summed E-state index contributed by atoms with van der Waals surface area (Å²) < 4.78 is 1.94. The van der Waals surface area contributed by atoms with Crippen molar-refractivity contribution in [3.8, 4) is 0 Å². The molecule has 1 aromatic heterocycles. The van der Waals surface area contributed by atoms with E-state index >= 15 is 0 Å². The Morgan fingerprint density at radius 2 is 2.05 bits per heavy atom. The highest BCUT2D eigenvalue weighted by atomic mass is 16.3. The summed E-state index contributed by atoms with van der Waals surface area (Å²) in [6, 6.07) is 12.6. The van der Waals surface area contributed by atoms with E-state index in [1.54, 1.807) is 0 Å². The molecule has 1 saturated heterocycles. The van der Waals surface area contributed by atoms with Crippen LogP contribution >= 0.6 is 0 Å². The highest BCUT2D eigenvalue weighted by molar-refractivity contribution is 5.19. The minimum Gasteiger partial charge on any atom is -0.394 e. The topological polar surface area (TPSA) is 41.3 Å². The molecule has 2 aromatic rings.